The number of aromatic amines is 1. The lowest BCUT2D eigenvalue weighted by molar-refractivity contribution is 0.414. The van der Waals surface area contributed by atoms with Crippen LogP contribution in [-0.4, -0.2) is 12.1 Å². The van der Waals surface area contributed by atoms with Crippen LogP contribution in [0.3, 0.4) is 0 Å². The van der Waals surface area contributed by atoms with E-state index in [2.05, 4.69) is 54.4 Å². The highest BCUT2D eigenvalue weighted by Gasteiger charge is 2.11. The number of ether oxygens (including phenoxy) is 1. The summed E-state index contributed by atoms with van der Waals surface area (Å²) in [5.74, 6) is 1.24. The molecule has 0 saturated heterocycles. The van der Waals surface area contributed by atoms with E-state index in [9.17, 15) is 0 Å². The van der Waals surface area contributed by atoms with Crippen molar-refractivity contribution in [1.29, 1.82) is 0 Å². The Morgan fingerprint density at radius 2 is 1.74 bits per heavy atom. The molecule has 3 rings (SSSR count). The fraction of sp³-hybridized carbons (Fsp3) is 0.176. The minimum atomic E-state index is 0.346. The molecule has 0 bridgehead atoms. The van der Waals surface area contributed by atoms with Gasteiger partial charge >= 0.3 is 0 Å². The molecular weight excluding hydrogens is 234 g/mol. The third-order valence-electron chi connectivity index (χ3n) is 3.63. The number of hydrogen-bond donors (Lipinski definition) is 1. The Kier molecular flexibility index (Phi) is 3.00. The molecule has 3 aromatic rings. The number of para-hydroxylation sites is 1. The Morgan fingerprint density at radius 1 is 1.00 bits per heavy atom. The second-order valence-electron chi connectivity index (χ2n) is 4.81. The molecule has 0 spiro atoms. The molecular formula is C17H17NO. The number of H-pyrrole nitrogens is 1. The highest BCUT2D eigenvalue weighted by Crippen LogP contribution is 2.27. The topological polar surface area (TPSA) is 25.0 Å². The first-order valence-corrected chi connectivity index (χ1v) is 6.49. The van der Waals surface area contributed by atoms with Crippen LogP contribution in [0.15, 0.2) is 54.6 Å². The summed E-state index contributed by atoms with van der Waals surface area (Å²) < 4.78 is 5.19. The highest BCUT2D eigenvalue weighted by atomic mass is 16.5. The van der Waals surface area contributed by atoms with E-state index in [0.29, 0.717) is 5.92 Å². The van der Waals surface area contributed by atoms with Crippen LogP contribution in [-0.2, 0) is 0 Å². The van der Waals surface area contributed by atoms with Crippen molar-refractivity contribution in [2.45, 2.75) is 12.8 Å². The molecule has 0 radical (unpaired) electrons. The van der Waals surface area contributed by atoms with E-state index < -0.39 is 0 Å². The van der Waals surface area contributed by atoms with Gasteiger partial charge in [0, 0.05) is 17.1 Å². The van der Waals surface area contributed by atoms with Gasteiger partial charge in [-0.15, -0.1) is 0 Å². The predicted octanol–water partition coefficient (Wildman–Crippen LogP) is 4.33. The van der Waals surface area contributed by atoms with Gasteiger partial charge in [0.25, 0.3) is 0 Å². The summed E-state index contributed by atoms with van der Waals surface area (Å²) >= 11 is 0. The zero-order valence-corrected chi connectivity index (χ0v) is 11.2. The Labute approximate surface area is 113 Å². The molecule has 1 unspecified atom stereocenters. The average Bonchev–Trinajstić information content (AvgIpc) is 2.90. The first-order valence-electron chi connectivity index (χ1n) is 6.49. The standard InChI is InChI=1S/C17H17NO/c1-12(13-7-9-15(19-2)10-8-13)17-11-14-5-3-4-6-16(14)18-17/h3-12,18H,1-2H3. The molecule has 2 heteroatoms. The van der Waals surface area contributed by atoms with E-state index in [4.69, 9.17) is 4.74 Å². The lowest BCUT2D eigenvalue weighted by atomic mass is 9.98. The molecule has 0 saturated carbocycles. The van der Waals surface area contributed by atoms with Gasteiger partial charge in [0.05, 0.1) is 7.11 Å². The maximum Gasteiger partial charge on any atom is 0.118 e. The molecule has 1 heterocycles. The smallest absolute Gasteiger partial charge is 0.118 e. The monoisotopic (exact) mass is 251 g/mol. The zero-order chi connectivity index (χ0) is 13.2. The highest BCUT2D eigenvalue weighted by molar-refractivity contribution is 5.80. The maximum absolute atomic E-state index is 5.19. The number of fused-ring (bicyclic) bond motifs is 1. The van der Waals surface area contributed by atoms with Crippen molar-refractivity contribution in [2.24, 2.45) is 0 Å². The third-order valence-corrected chi connectivity index (χ3v) is 3.63. The van der Waals surface area contributed by atoms with E-state index in [1.54, 1.807) is 7.11 Å². The van der Waals surface area contributed by atoms with Crippen molar-refractivity contribution in [3.63, 3.8) is 0 Å². The van der Waals surface area contributed by atoms with Crippen molar-refractivity contribution < 1.29 is 4.74 Å². The molecule has 1 N–H and O–H groups in total. The van der Waals surface area contributed by atoms with Gasteiger partial charge in [-0.05, 0) is 35.2 Å². The van der Waals surface area contributed by atoms with Gasteiger partial charge in [0.2, 0.25) is 0 Å². The number of methoxy groups -OCH3 is 1. The normalized spacial score (nSPS) is 12.5. The first kappa shape index (κ1) is 11.8. The minimum Gasteiger partial charge on any atom is -0.497 e. The van der Waals surface area contributed by atoms with Crippen molar-refractivity contribution in [3.05, 3.63) is 65.9 Å². The second-order valence-corrected chi connectivity index (χ2v) is 4.81. The fourth-order valence-corrected chi connectivity index (χ4v) is 2.40. The van der Waals surface area contributed by atoms with Crippen molar-refractivity contribution >= 4 is 10.9 Å². The third kappa shape index (κ3) is 2.22. The molecule has 2 aromatic carbocycles. The molecule has 19 heavy (non-hydrogen) atoms. The van der Waals surface area contributed by atoms with E-state index in [1.165, 1.54) is 22.2 Å². The summed E-state index contributed by atoms with van der Waals surface area (Å²) in [4.78, 5) is 3.49. The zero-order valence-electron chi connectivity index (χ0n) is 11.2. The number of aromatic nitrogens is 1. The Morgan fingerprint density at radius 3 is 2.42 bits per heavy atom. The molecule has 96 valence electrons. The quantitative estimate of drug-likeness (QED) is 0.736. The van der Waals surface area contributed by atoms with Crippen LogP contribution in [0.2, 0.25) is 0 Å². The lowest BCUT2D eigenvalue weighted by Gasteiger charge is -2.10. The Hall–Kier alpha value is -2.22. The van der Waals surface area contributed by atoms with Crippen molar-refractivity contribution in [1.82, 2.24) is 4.98 Å². The second kappa shape index (κ2) is 4.81. The number of hydrogen-bond acceptors (Lipinski definition) is 1. The number of nitrogens with one attached hydrogen (secondary N) is 1. The van der Waals surface area contributed by atoms with E-state index in [-0.39, 0.29) is 0 Å². The van der Waals surface area contributed by atoms with Crippen LogP contribution in [0.1, 0.15) is 24.1 Å². The lowest BCUT2D eigenvalue weighted by Crippen LogP contribution is -1.96. The molecule has 1 aromatic heterocycles. The van der Waals surface area contributed by atoms with Gasteiger partial charge in [-0.3, -0.25) is 0 Å². The number of benzene rings is 2. The van der Waals surface area contributed by atoms with E-state index in [1.807, 2.05) is 12.1 Å². The summed E-state index contributed by atoms with van der Waals surface area (Å²) in [5, 5.41) is 1.26. The SMILES string of the molecule is COc1ccc(C(C)c2cc3ccccc3[nH]2)cc1. The summed E-state index contributed by atoms with van der Waals surface area (Å²) in [7, 11) is 1.69. The van der Waals surface area contributed by atoms with E-state index >= 15 is 0 Å². The van der Waals surface area contributed by atoms with Crippen LogP contribution in [0.5, 0.6) is 5.75 Å². The summed E-state index contributed by atoms with van der Waals surface area (Å²) in [6.45, 7) is 2.21. The Bertz CT molecular complexity index is 649. The first-order chi connectivity index (χ1) is 9.28. The van der Waals surface area contributed by atoms with Gasteiger partial charge in [-0.25, -0.2) is 0 Å². The Balaban J connectivity index is 1.95. The summed E-state index contributed by atoms with van der Waals surface area (Å²) in [6, 6.07) is 18.9. The minimum absolute atomic E-state index is 0.346. The fourth-order valence-electron chi connectivity index (χ4n) is 2.40. The van der Waals surface area contributed by atoms with Gasteiger partial charge in [0.1, 0.15) is 5.75 Å². The summed E-state index contributed by atoms with van der Waals surface area (Å²) in [5.41, 5.74) is 3.72. The largest absolute Gasteiger partial charge is 0.497 e. The van der Waals surface area contributed by atoms with Crippen LogP contribution in [0, 0.1) is 0 Å². The molecule has 0 fully saturated rings. The van der Waals surface area contributed by atoms with Crippen LogP contribution < -0.4 is 4.74 Å². The average molecular weight is 251 g/mol. The van der Waals surface area contributed by atoms with Crippen LogP contribution in [0.25, 0.3) is 10.9 Å². The van der Waals surface area contributed by atoms with Crippen LogP contribution >= 0.6 is 0 Å². The van der Waals surface area contributed by atoms with Gasteiger partial charge < -0.3 is 9.72 Å². The predicted molar refractivity (Wildman–Crippen MR) is 78.8 cm³/mol. The molecule has 0 aliphatic heterocycles. The van der Waals surface area contributed by atoms with Gasteiger partial charge in [0.15, 0.2) is 0 Å². The van der Waals surface area contributed by atoms with Gasteiger partial charge in [-0.2, -0.15) is 0 Å². The summed E-state index contributed by atoms with van der Waals surface area (Å²) in [6.07, 6.45) is 0. The molecule has 2 nitrogen and oxygen atoms in total. The molecule has 0 aliphatic carbocycles. The molecule has 1 atom stereocenters. The molecule has 0 amide bonds. The van der Waals surface area contributed by atoms with Crippen molar-refractivity contribution in [2.75, 3.05) is 7.11 Å². The number of rotatable bonds is 3. The van der Waals surface area contributed by atoms with Gasteiger partial charge in [-0.1, -0.05) is 37.3 Å². The van der Waals surface area contributed by atoms with Crippen molar-refractivity contribution in [3.8, 4) is 5.75 Å². The molecule has 0 aliphatic rings. The maximum atomic E-state index is 5.19. The van der Waals surface area contributed by atoms with Crippen LogP contribution in [0.4, 0.5) is 0 Å². The van der Waals surface area contributed by atoms with E-state index in [0.717, 1.165) is 5.75 Å².